The van der Waals surface area contributed by atoms with Gasteiger partial charge in [-0.3, -0.25) is 4.57 Å². The standard InChI is InChI=1S/C18H44O6Si4.C6H19O4PSi2/c1-25(2,3)21-14(13-19)15-16(22-26(4,5)6)17(23-27(7,8)9)18(20-15)24-28(10,11)12;1-12(2,3)9-11(7,8)10-13(4,5)6/h14-19H,13H2,1-12H3;1-6H3,(H,7,8)/p-1/t14-,15+,16+,17-,18?;/m1./s1. The van der Waals surface area contributed by atoms with Crippen molar-refractivity contribution in [2.45, 2.75) is 149 Å². The molecular formula is C24H62O10PSi6-. The fourth-order valence-electron chi connectivity index (χ4n) is 3.82. The average Bonchev–Trinajstić information content (AvgIpc) is 2.87. The van der Waals surface area contributed by atoms with Crippen LogP contribution in [0.25, 0.3) is 0 Å². The molecule has 0 radical (unpaired) electrons. The first-order chi connectivity index (χ1) is 17.7. The van der Waals surface area contributed by atoms with E-state index in [0.717, 1.165) is 0 Å². The number of hydrogen-bond acceptors (Lipinski definition) is 10. The SMILES string of the molecule is C[Si](C)(C)OC1O[C@@H]([C@@H](CO)O[Si](C)(C)C)[C@H](O[Si](C)(C)C)[C@H]1O[Si](C)(C)C.C[Si](C)(C)OP(=O)([O-])O[Si](C)(C)C. The Morgan fingerprint density at radius 2 is 1.00 bits per heavy atom. The lowest BCUT2D eigenvalue weighted by molar-refractivity contribution is -0.210. The molecule has 0 spiro atoms. The zero-order valence-electron chi connectivity index (χ0n) is 29.2. The minimum absolute atomic E-state index is 0.111. The van der Waals surface area contributed by atoms with Gasteiger partial charge in [-0.05, 0) is 118 Å². The Morgan fingerprint density at radius 3 is 1.29 bits per heavy atom. The van der Waals surface area contributed by atoms with Gasteiger partial charge in [0.15, 0.2) is 56.2 Å². The number of rotatable bonds is 14. The molecule has 1 heterocycles. The molecule has 1 aliphatic heterocycles. The zero-order valence-corrected chi connectivity index (χ0v) is 36.1. The van der Waals surface area contributed by atoms with Crippen LogP contribution in [0.1, 0.15) is 0 Å². The van der Waals surface area contributed by atoms with E-state index in [2.05, 4.69) is 78.6 Å². The maximum absolute atomic E-state index is 11.3. The third-order valence-corrected chi connectivity index (χ3v) is 14.6. The zero-order chi connectivity index (χ0) is 33.0. The van der Waals surface area contributed by atoms with Gasteiger partial charge in [0.1, 0.15) is 18.3 Å². The van der Waals surface area contributed by atoms with Crippen LogP contribution >= 0.6 is 7.82 Å². The minimum atomic E-state index is -4.06. The number of phosphoric acid groups is 1. The molecule has 0 bridgehead atoms. The summed E-state index contributed by atoms with van der Waals surface area (Å²) in [6.07, 6.45) is -1.98. The van der Waals surface area contributed by atoms with Crippen LogP contribution in [0.5, 0.6) is 0 Å². The minimum Gasteiger partial charge on any atom is -0.757 e. The van der Waals surface area contributed by atoms with Gasteiger partial charge in [0.25, 0.3) is 0 Å². The van der Waals surface area contributed by atoms with Crippen molar-refractivity contribution in [3.63, 3.8) is 0 Å². The summed E-state index contributed by atoms with van der Waals surface area (Å²) < 4.78 is 53.4. The molecule has 5 atom stereocenters. The highest BCUT2D eigenvalue weighted by Crippen LogP contribution is 2.44. The van der Waals surface area contributed by atoms with Gasteiger partial charge in [-0.2, -0.15) is 0 Å². The van der Waals surface area contributed by atoms with Crippen molar-refractivity contribution >= 4 is 57.7 Å². The van der Waals surface area contributed by atoms with E-state index in [0.29, 0.717) is 0 Å². The van der Waals surface area contributed by atoms with E-state index in [-0.39, 0.29) is 18.8 Å². The smallest absolute Gasteiger partial charge is 0.248 e. The molecule has 0 amide bonds. The summed E-state index contributed by atoms with van der Waals surface area (Å²) in [6.45, 7) is 36.5. The number of ether oxygens (including phenoxy) is 1. The summed E-state index contributed by atoms with van der Waals surface area (Å²) in [5.74, 6) is 0. The van der Waals surface area contributed by atoms with Crippen LogP contribution < -0.4 is 4.89 Å². The molecule has 0 aliphatic carbocycles. The molecule has 1 N–H and O–H groups in total. The molecule has 248 valence electrons. The Morgan fingerprint density at radius 1 is 0.634 bits per heavy atom. The Kier molecular flexibility index (Phi) is 15.6. The van der Waals surface area contributed by atoms with Gasteiger partial charge in [-0.1, -0.05) is 0 Å². The maximum Gasteiger partial charge on any atom is 0.248 e. The van der Waals surface area contributed by atoms with Crippen molar-refractivity contribution in [1.82, 2.24) is 0 Å². The van der Waals surface area contributed by atoms with Crippen molar-refractivity contribution in [2.75, 3.05) is 6.61 Å². The van der Waals surface area contributed by atoms with E-state index in [1.54, 1.807) is 0 Å². The van der Waals surface area contributed by atoms with Gasteiger partial charge >= 0.3 is 0 Å². The van der Waals surface area contributed by atoms with Crippen molar-refractivity contribution in [2.24, 2.45) is 0 Å². The summed E-state index contributed by atoms with van der Waals surface area (Å²) in [5.41, 5.74) is 0. The predicted molar refractivity (Wildman–Crippen MR) is 181 cm³/mol. The molecule has 1 aliphatic rings. The molecule has 41 heavy (non-hydrogen) atoms. The molecule has 0 aromatic carbocycles. The second-order valence-corrected chi connectivity index (χ2v) is 45.0. The van der Waals surface area contributed by atoms with Crippen LogP contribution in [-0.2, 0) is 35.4 Å². The maximum atomic E-state index is 11.3. The van der Waals surface area contributed by atoms with Crippen LogP contribution in [0.4, 0.5) is 0 Å². The second kappa shape index (κ2) is 15.2. The van der Waals surface area contributed by atoms with Gasteiger partial charge < -0.3 is 40.9 Å². The highest BCUT2D eigenvalue weighted by Gasteiger charge is 2.53. The lowest BCUT2D eigenvalue weighted by atomic mass is 10.1. The molecular weight excluding hydrogens is 648 g/mol. The molecule has 1 saturated heterocycles. The van der Waals surface area contributed by atoms with E-state index < -0.39 is 76.2 Å². The van der Waals surface area contributed by atoms with Crippen molar-refractivity contribution in [1.29, 1.82) is 0 Å². The summed E-state index contributed by atoms with van der Waals surface area (Å²) in [6, 6.07) is 0. The number of hydrogen-bond donors (Lipinski definition) is 1. The molecule has 1 fully saturated rings. The fraction of sp³-hybridized carbons (Fsp3) is 1.00. The quantitative estimate of drug-likeness (QED) is 0.161. The van der Waals surface area contributed by atoms with Crippen molar-refractivity contribution in [3.05, 3.63) is 0 Å². The molecule has 1 rings (SSSR count). The largest absolute Gasteiger partial charge is 0.757 e. The summed E-state index contributed by atoms with van der Waals surface area (Å²) >= 11 is 0. The first kappa shape index (κ1) is 42.2. The lowest BCUT2D eigenvalue weighted by Gasteiger charge is -2.37. The second-order valence-electron chi connectivity index (χ2n) is 16.4. The van der Waals surface area contributed by atoms with Gasteiger partial charge in [-0.25, -0.2) is 0 Å². The summed E-state index contributed by atoms with van der Waals surface area (Å²) in [7, 11) is -15.7. The molecule has 10 nitrogen and oxygen atoms in total. The normalized spacial score (nSPS) is 24.2. The molecule has 17 heteroatoms. The highest BCUT2D eigenvalue weighted by atomic mass is 31.2. The monoisotopic (exact) mass is 709 g/mol. The summed E-state index contributed by atoms with van der Waals surface area (Å²) in [4.78, 5) is 11.3. The van der Waals surface area contributed by atoms with E-state index >= 15 is 0 Å². The topological polar surface area (TPSA) is 125 Å². The third kappa shape index (κ3) is 20.8. The van der Waals surface area contributed by atoms with Crippen LogP contribution in [0, 0.1) is 0 Å². The van der Waals surface area contributed by atoms with E-state index in [9.17, 15) is 14.6 Å². The number of aliphatic hydroxyl groups excluding tert-OH is 1. The lowest BCUT2D eigenvalue weighted by Crippen LogP contribution is -2.53. The Balaban J connectivity index is 0.00000103. The van der Waals surface area contributed by atoms with Gasteiger partial charge in [0, 0.05) is 0 Å². The summed E-state index contributed by atoms with van der Waals surface area (Å²) in [5, 5.41) is 10.1. The van der Waals surface area contributed by atoms with E-state index in [4.69, 9.17) is 30.9 Å². The van der Waals surface area contributed by atoms with E-state index in [1.807, 2.05) is 39.3 Å². The van der Waals surface area contributed by atoms with Gasteiger partial charge in [0.05, 0.1) is 12.7 Å². The Bertz CT molecular complexity index is 821. The fourth-order valence-corrected chi connectivity index (χ4v) is 13.8. The van der Waals surface area contributed by atoms with Crippen molar-refractivity contribution < 1.29 is 45.4 Å². The average molecular weight is 710 g/mol. The van der Waals surface area contributed by atoms with Gasteiger partial charge in [0.2, 0.25) is 7.82 Å². The van der Waals surface area contributed by atoms with Gasteiger partial charge in [-0.15, -0.1) is 0 Å². The predicted octanol–water partition coefficient (Wildman–Crippen LogP) is 6.37. The third-order valence-electron chi connectivity index (χ3n) is 4.48. The van der Waals surface area contributed by atoms with E-state index in [1.165, 1.54) is 0 Å². The van der Waals surface area contributed by atoms with Crippen LogP contribution in [0.3, 0.4) is 0 Å². The van der Waals surface area contributed by atoms with Crippen LogP contribution in [-0.4, -0.2) is 92.3 Å². The van der Waals surface area contributed by atoms with Crippen LogP contribution in [0.15, 0.2) is 0 Å². The first-order valence-corrected chi connectivity index (χ1v) is 36.3. The van der Waals surface area contributed by atoms with Crippen LogP contribution in [0.2, 0.25) is 118 Å². The molecule has 0 aromatic rings. The molecule has 0 saturated carbocycles. The molecule has 0 aromatic heterocycles. The van der Waals surface area contributed by atoms with Crippen molar-refractivity contribution in [3.8, 4) is 0 Å². The molecule has 1 unspecified atom stereocenters. The first-order valence-electron chi connectivity index (χ1n) is 14.4. The Labute approximate surface area is 257 Å². The Hall–Kier alpha value is 1.17. The highest BCUT2D eigenvalue weighted by molar-refractivity contribution is 7.49. The number of aliphatic hydroxyl groups is 1.